The first-order valence-electron chi connectivity index (χ1n) is 9.95. The van der Waals surface area contributed by atoms with Gasteiger partial charge in [0.2, 0.25) is 11.5 Å². The van der Waals surface area contributed by atoms with Crippen molar-refractivity contribution in [3.63, 3.8) is 0 Å². The zero-order valence-corrected chi connectivity index (χ0v) is 17.4. The molecule has 0 bridgehead atoms. The number of allylic oxidation sites excluding steroid dienone is 1. The Labute approximate surface area is 183 Å². The lowest BCUT2D eigenvalue weighted by Crippen LogP contribution is -2.07. The third kappa shape index (κ3) is 3.52. The van der Waals surface area contributed by atoms with Crippen molar-refractivity contribution in [1.29, 1.82) is 0 Å². The third-order valence-electron chi connectivity index (χ3n) is 5.19. The van der Waals surface area contributed by atoms with Gasteiger partial charge in [-0.3, -0.25) is 4.79 Å². The average Bonchev–Trinajstić information content (AvgIpc) is 3.36. The molecule has 0 amide bonds. The van der Waals surface area contributed by atoms with Gasteiger partial charge < -0.3 is 18.6 Å². The summed E-state index contributed by atoms with van der Waals surface area (Å²) in [7, 11) is 1.59. The van der Waals surface area contributed by atoms with Crippen molar-refractivity contribution in [2.75, 3.05) is 7.11 Å². The maximum absolute atomic E-state index is 12.9. The topological polar surface area (TPSA) is 75.0 Å². The molecule has 158 valence electrons. The lowest BCUT2D eigenvalue weighted by atomic mass is 10.0. The van der Waals surface area contributed by atoms with Gasteiger partial charge in [0.05, 0.1) is 12.7 Å². The SMILES string of the molecule is COc1ccc(/C=C2\Oc3cc(OC(=O)c4cc5ccccc5o4)cc(C)c3C2=O)cc1. The number of carbonyl (C=O) groups is 2. The van der Waals surface area contributed by atoms with Crippen molar-refractivity contribution in [3.8, 4) is 17.2 Å². The molecule has 0 unspecified atom stereocenters. The lowest BCUT2D eigenvalue weighted by molar-refractivity contribution is 0.0703. The van der Waals surface area contributed by atoms with Crippen LogP contribution in [0.25, 0.3) is 17.0 Å². The molecule has 0 atom stereocenters. The van der Waals surface area contributed by atoms with E-state index in [9.17, 15) is 9.59 Å². The molecular formula is C26H18O6. The largest absolute Gasteiger partial charge is 0.497 e. The van der Waals surface area contributed by atoms with E-state index in [1.54, 1.807) is 50.4 Å². The van der Waals surface area contributed by atoms with Gasteiger partial charge in [0.15, 0.2) is 5.76 Å². The minimum Gasteiger partial charge on any atom is -0.497 e. The first-order chi connectivity index (χ1) is 15.5. The summed E-state index contributed by atoms with van der Waals surface area (Å²) < 4.78 is 22.0. The van der Waals surface area contributed by atoms with Gasteiger partial charge in [-0.05, 0) is 54.5 Å². The zero-order chi connectivity index (χ0) is 22.2. The van der Waals surface area contributed by atoms with E-state index in [-0.39, 0.29) is 23.1 Å². The average molecular weight is 426 g/mol. The minimum absolute atomic E-state index is 0.0986. The quantitative estimate of drug-likeness (QED) is 0.241. The van der Waals surface area contributed by atoms with Gasteiger partial charge in [-0.2, -0.15) is 0 Å². The van der Waals surface area contributed by atoms with Crippen LogP contribution in [-0.4, -0.2) is 18.9 Å². The number of carbonyl (C=O) groups excluding carboxylic acids is 2. The van der Waals surface area contributed by atoms with Crippen LogP contribution in [-0.2, 0) is 0 Å². The Kier molecular flexibility index (Phi) is 4.75. The number of ether oxygens (including phenoxy) is 3. The second kappa shape index (κ2) is 7.74. The number of methoxy groups -OCH3 is 1. The highest BCUT2D eigenvalue weighted by Gasteiger charge is 2.30. The van der Waals surface area contributed by atoms with Crippen molar-refractivity contribution in [2.45, 2.75) is 6.92 Å². The van der Waals surface area contributed by atoms with Gasteiger partial charge >= 0.3 is 5.97 Å². The number of hydrogen-bond donors (Lipinski definition) is 0. The number of para-hydroxylation sites is 1. The van der Waals surface area contributed by atoms with E-state index < -0.39 is 5.97 Å². The summed E-state index contributed by atoms with van der Waals surface area (Å²) in [5, 5.41) is 0.812. The standard InChI is InChI=1S/C26H18O6/c1-15-11-19(30-26(28)23-13-17-5-3-4-6-20(17)31-23)14-21-24(15)25(27)22(32-21)12-16-7-9-18(29-2)10-8-16/h3-14H,1-2H3/b22-12-. The normalized spacial score (nSPS) is 13.8. The highest BCUT2D eigenvalue weighted by molar-refractivity contribution is 6.15. The van der Waals surface area contributed by atoms with E-state index in [2.05, 4.69) is 0 Å². The van der Waals surface area contributed by atoms with E-state index in [1.807, 2.05) is 30.3 Å². The van der Waals surface area contributed by atoms with Crippen LogP contribution in [0.1, 0.15) is 32.0 Å². The first-order valence-corrected chi connectivity index (χ1v) is 9.95. The van der Waals surface area contributed by atoms with Gasteiger partial charge in [0.25, 0.3) is 0 Å². The Hall–Kier alpha value is -4.32. The van der Waals surface area contributed by atoms with Crippen LogP contribution in [0, 0.1) is 6.92 Å². The Bertz CT molecular complexity index is 1360. The molecular weight excluding hydrogens is 408 g/mol. The van der Waals surface area contributed by atoms with Crippen molar-refractivity contribution in [2.24, 2.45) is 0 Å². The van der Waals surface area contributed by atoms with Crippen molar-refractivity contribution in [1.82, 2.24) is 0 Å². The monoisotopic (exact) mass is 426 g/mol. The number of aryl methyl sites for hydroxylation is 1. The minimum atomic E-state index is -0.626. The van der Waals surface area contributed by atoms with Crippen LogP contribution in [0.5, 0.6) is 17.2 Å². The van der Waals surface area contributed by atoms with Gasteiger partial charge in [-0.15, -0.1) is 0 Å². The van der Waals surface area contributed by atoms with Gasteiger partial charge in [0, 0.05) is 11.5 Å². The molecule has 0 saturated heterocycles. The van der Waals surface area contributed by atoms with E-state index in [4.69, 9.17) is 18.6 Å². The molecule has 1 aromatic heterocycles. The maximum atomic E-state index is 12.9. The molecule has 0 N–H and O–H groups in total. The predicted molar refractivity (Wildman–Crippen MR) is 118 cm³/mol. The van der Waals surface area contributed by atoms with E-state index in [1.165, 1.54) is 6.07 Å². The molecule has 0 fully saturated rings. The van der Waals surface area contributed by atoms with Gasteiger partial charge in [-0.25, -0.2) is 4.79 Å². The number of ketones is 1. The first kappa shape index (κ1) is 19.6. The molecule has 5 rings (SSSR count). The number of rotatable bonds is 4. The van der Waals surface area contributed by atoms with Crippen LogP contribution in [0.2, 0.25) is 0 Å². The fourth-order valence-electron chi connectivity index (χ4n) is 3.63. The molecule has 6 heteroatoms. The summed E-state index contributed by atoms with van der Waals surface area (Å²) in [5.41, 5.74) is 2.51. The lowest BCUT2D eigenvalue weighted by Gasteiger charge is -2.06. The number of esters is 1. The fourth-order valence-corrected chi connectivity index (χ4v) is 3.63. The van der Waals surface area contributed by atoms with Crippen molar-refractivity contribution in [3.05, 3.63) is 94.9 Å². The summed E-state index contributed by atoms with van der Waals surface area (Å²) in [6.07, 6.45) is 1.67. The molecule has 4 aromatic rings. The van der Waals surface area contributed by atoms with Crippen LogP contribution >= 0.6 is 0 Å². The smallest absolute Gasteiger partial charge is 0.379 e. The van der Waals surface area contributed by atoms with Crippen molar-refractivity contribution >= 4 is 28.8 Å². The molecule has 1 aliphatic heterocycles. The summed E-state index contributed by atoms with van der Waals surface area (Å²) in [5.74, 6) is 0.797. The molecule has 3 aromatic carbocycles. The van der Waals surface area contributed by atoms with E-state index in [0.29, 0.717) is 22.5 Å². The zero-order valence-electron chi connectivity index (χ0n) is 17.4. The second-order valence-corrected chi connectivity index (χ2v) is 7.36. The second-order valence-electron chi connectivity index (χ2n) is 7.36. The molecule has 32 heavy (non-hydrogen) atoms. The molecule has 1 aliphatic rings. The summed E-state index contributed by atoms with van der Waals surface area (Å²) in [6, 6.07) is 19.4. The fraction of sp³-hybridized carbons (Fsp3) is 0.0769. The number of hydrogen-bond acceptors (Lipinski definition) is 6. The molecule has 6 nitrogen and oxygen atoms in total. The number of Topliss-reactive ketones (excluding diaryl/α,β-unsaturated/α-hetero) is 1. The number of benzene rings is 3. The maximum Gasteiger partial charge on any atom is 0.379 e. The predicted octanol–water partition coefficient (Wildman–Crippen LogP) is 5.59. The summed E-state index contributed by atoms with van der Waals surface area (Å²) >= 11 is 0. The highest BCUT2D eigenvalue weighted by atomic mass is 16.5. The van der Waals surface area contributed by atoms with Crippen molar-refractivity contribution < 1.29 is 28.2 Å². The summed E-state index contributed by atoms with van der Waals surface area (Å²) in [6.45, 7) is 1.77. The molecule has 0 saturated carbocycles. The number of fused-ring (bicyclic) bond motifs is 2. The Morgan fingerprint density at radius 3 is 2.50 bits per heavy atom. The molecule has 2 heterocycles. The Morgan fingerprint density at radius 2 is 1.75 bits per heavy atom. The number of furan rings is 1. The molecule has 0 aliphatic carbocycles. The van der Waals surface area contributed by atoms with Crippen LogP contribution in [0.3, 0.4) is 0 Å². The highest BCUT2D eigenvalue weighted by Crippen LogP contribution is 2.38. The molecule has 0 spiro atoms. The third-order valence-corrected chi connectivity index (χ3v) is 5.19. The van der Waals surface area contributed by atoms with Gasteiger partial charge in [0.1, 0.15) is 22.8 Å². The van der Waals surface area contributed by atoms with Crippen LogP contribution in [0.4, 0.5) is 0 Å². The van der Waals surface area contributed by atoms with E-state index in [0.717, 1.165) is 16.7 Å². The van der Waals surface area contributed by atoms with Crippen LogP contribution in [0.15, 0.2) is 76.9 Å². The Balaban J connectivity index is 1.40. The summed E-state index contributed by atoms with van der Waals surface area (Å²) in [4.78, 5) is 25.4. The van der Waals surface area contributed by atoms with E-state index >= 15 is 0 Å². The molecule has 0 radical (unpaired) electrons. The Morgan fingerprint density at radius 1 is 0.969 bits per heavy atom. The van der Waals surface area contributed by atoms with Gasteiger partial charge in [-0.1, -0.05) is 30.3 Å². The van der Waals surface area contributed by atoms with Crippen LogP contribution < -0.4 is 14.2 Å².